The van der Waals surface area contributed by atoms with Gasteiger partial charge < -0.3 is 19.5 Å². The number of hydrogen-bond donors (Lipinski definition) is 1. The van der Waals surface area contributed by atoms with Gasteiger partial charge in [-0.05, 0) is 31.9 Å². The maximum absolute atomic E-state index is 10.5. The van der Waals surface area contributed by atoms with Crippen LogP contribution in [0.3, 0.4) is 0 Å². The van der Waals surface area contributed by atoms with Gasteiger partial charge in [-0.3, -0.25) is 0 Å². The average Bonchev–Trinajstić information content (AvgIpc) is 2.87. The second-order valence-electron chi connectivity index (χ2n) is 5.36. The van der Waals surface area contributed by atoms with Crippen LogP contribution >= 0.6 is 0 Å². The van der Waals surface area contributed by atoms with Crippen LogP contribution in [0.5, 0.6) is 5.75 Å². The van der Waals surface area contributed by atoms with E-state index in [0.717, 1.165) is 37.4 Å². The predicted molar refractivity (Wildman–Crippen MR) is 79.0 cm³/mol. The fourth-order valence-corrected chi connectivity index (χ4v) is 2.84. The number of benzene rings is 1. The summed E-state index contributed by atoms with van der Waals surface area (Å²) in [4.78, 5) is 2.30. The fourth-order valence-electron chi connectivity index (χ4n) is 2.84. The Morgan fingerprint density at radius 1 is 1.40 bits per heavy atom. The molecule has 0 radical (unpaired) electrons. The number of methoxy groups -OCH3 is 1. The quantitative estimate of drug-likeness (QED) is 0.830. The maximum atomic E-state index is 10.5. The van der Waals surface area contributed by atoms with Crippen LogP contribution in [0.25, 0.3) is 0 Å². The minimum atomic E-state index is -0.501. The smallest absolute Gasteiger partial charge is 0.125 e. The summed E-state index contributed by atoms with van der Waals surface area (Å²) < 4.78 is 10.8. The van der Waals surface area contributed by atoms with Crippen molar-refractivity contribution in [3.8, 4) is 5.75 Å². The molecule has 1 N–H and O–H groups in total. The van der Waals surface area contributed by atoms with Gasteiger partial charge >= 0.3 is 0 Å². The van der Waals surface area contributed by atoms with Crippen molar-refractivity contribution in [3.63, 3.8) is 0 Å². The summed E-state index contributed by atoms with van der Waals surface area (Å²) in [5, 5.41) is 10.5. The molecule has 2 unspecified atom stereocenters. The van der Waals surface area contributed by atoms with Gasteiger partial charge in [-0.2, -0.15) is 0 Å². The monoisotopic (exact) mass is 279 g/mol. The molecule has 1 aliphatic rings. The van der Waals surface area contributed by atoms with Gasteiger partial charge in [-0.1, -0.05) is 18.2 Å². The number of para-hydroxylation sites is 1. The normalized spacial score (nSPS) is 21.1. The minimum Gasteiger partial charge on any atom is -0.493 e. The summed E-state index contributed by atoms with van der Waals surface area (Å²) >= 11 is 0. The van der Waals surface area contributed by atoms with E-state index in [2.05, 4.69) is 4.90 Å². The Labute approximate surface area is 121 Å². The number of aliphatic hydroxyl groups is 1. The summed E-state index contributed by atoms with van der Waals surface area (Å²) in [6, 6.07) is 7.74. The molecule has 1 heterocycles. The topological polar surface area (TPSA) is 41.9 Å². The van der Waals surface area contributed by atoms with Crippen LogP contribution in [-0.2, 0) is 4.74 Å². The third-order valence-electron chi connectivity index (χ3n) is 3.78. The van der Waals surface area contributed by atoms with Crippen LogP contribution in [0.2, 0.25) is 0 Å². The predicted octanol–water partition coefficient (Wildman–Crippen LogP) is 2.09. The third kappa shape index (κ3) is 3.95. The number of hydrogen-bond acceptors (Lipinski definition) is 4. The molecule has 112 valence electrons. The van der Waals surface area contributed by atoms with Crippen LogP contribution < -0.4 is 4.74 Å². The van der Waals surface area contributed by atoms with Crippen molar-refractivity contribution in [2.75, 3.05) is 40.0 Å². The van der Waals surface area contributed by atoms with Crippen molar-refractivity contribution >= 4 is 0 Å². The first-order chi connectivity index (χ1) is 9.74. The third-order valence-corrected chi connectivity index (χ3v) is 3.78. The Bertz CT molecular complexity index is 410. The van der Waals surface area contributed by atoms with Crippen molar-refractivity contribution in [3.05, 3.63) is 29.8 Å². The molecule has 0 aliphatic carbocycles. The van der Waals surface area contributed by atoms with E-state index in [1.165, 1.54) is 0 Å². The first-order valence-electron chi connectivity index (χ1n) is 7.35. The number of ether oxygens (including phenoxy) is 2. The highest BCUT2D eigenvalue weighted by Gasteiger charge is 2.25. The molecule has 1 aromatic carbocycles. The lowest BCUT2D eigenvalue weighted by atomic mass is 10.1. The molecular formula is C16H25NO3. The molecule has 1 aliphatic heterocycles. The van der Waals surface area contributed by atoms with E-state index >= 15 is 0 Å². The lowest BCUT2D eigenvalue weighted by molar-refractivity contribution is 0.113. The van der Waals surface area contributed by atoms with E-state index in [-0.39, 0.29) is 0 Å². The van der Waals surface area contributed by atoms with Crippen molar-refractivity contribution in [2.45, 2.75) is 19.4 Å². The van der Waals surface area contributed by atoms with Crippen LogP contribution in [0.1, 0.15) is 25.0 Å². The highest BCUT2D eigenvalue weighted by atomic mass is 16.5. The second kappa shape index (κ2) is 7.62. The Kier molecular flexibility index (Phi) is 5.83. The number of likely N-dealkylation sites (tertiary alicyclic amines) is 1. The molecule has 1 aromatic rings. The molecule has 0 bridgehead atoms. The number of aliphatic hydroxyl groups excluding tert-OH is 1. The molecule has 1 saturated heterocycles. The van der Waals surface area contributed by atoms with E-state index in [1.807, 2.05) is 31.2 Å². The van der Waals surface area contributed by atoms with E-state index in [0.29, 0.717) is 19.1 Å². The van der Waals surface area contributed by atoms with Gasteiger partial charge in [0.1, 0.15) is 5.75 Å². The van der Waals surface area contributed by atoms with Crippen molar-refractivity contribution in [1.29, 1.82) is 0 Å². The highest BCUT2D eigenvalue weighted by Crippen LogP contribution is 2.27. The Hall–Kier alpha value is -1.10. The number of β-amino-alcohol motifs (C(OH)–C–C–N with tert-alkyl or cyclic N) is 1. The fraction of sp³-hybridized carbons (Fsp3) is 0.625. The average molecular weight is 279 g/mol. The van der Waals surface area contributed by atoms with Gasteiger partial charge in [0.25, 0.3) is 0 Å². The number of rotatable bonds is 7. The van der Waals surface area contributed by atoms with Gasteiger partial charge in [0.15, 0.2) is 0 Å². The molecule has 0 amide bonds. The first kappa shape index (κ1) is 15.3. The summed E-state index contributed by atoms with van der Waals surface area (Å²) in [7, 11) is 1.75. The summed E-state index contributed by atoms with van der Waals surface area (Å²) in [6.07, 6.45) is 0.646. The van der Waals surface area contributed by atoms with Crippen molar-refractivity contribution in [1.82, 2.24) is 4.90 Å². The highest BCUT2D eigenvalue weighted by molar-refractivity contribution is 5.35. The minimum absolute atomic E-state index is 0.501. The lowest BCUT2D eigenvalue weighted by Crippen LogP contribution is -2.27. The van der Waals surface area contributed by atoms with Crippen molar-refractivity contribution in [2.24, 2.45) is 5.92 Å². The van der Waals surface area contributed by atoms with Gasteiger partial charge in [0.2, 0.25) is 0 Å². The molecule has 0 aromatic heterocycles. The molecule has 2 atom stereocenters. The molecule has 1 fully saturated rings. The SMILES string of the molecule is CCOc1ccccc1C(O)CN1CCC(COC)C1. The molecule has 4 nitrogen and oxygen atoms in total. The van der Waals surface area contributed by atoms with Gasteiger partial charge in [-0.15, -0.1) is 0 Å². The molecule has 4 heteroatoms. The Morgan fingerprint density at radius 3 is 2.95 bits per heavy atom. The van der Waals surface area contributed by atoms with Crippen LogP contribution in [0.4, 0.5) is 0 Å². The zero-order chi connectivity index (χ0) is 14.4. The standard InChI is InChI=1S/C16H25NO3/c1-3-20-16-7-5-4-6-14(16)15(18)11-17-9-8-13(10-17)12-19-2/h4-7,13,15,18H,3,8-12H2,1-2H3. The van der Waals surface area contributed by atoms with Crippen molar-refractivity contribution < 1.29 is 14.6 Å². The Morgan fingerprint density at radius 2 is 2.20 bits per heavy atom. The summed E-state index contributed by atoms with van der Waals surface area (Å²) in [5.74, 6) is 1.38. The zero-order valence-electron chi connectivity index (χ0n) is 12.4. The van der Waals surface area contributed by atoms with E-state index < -0.39 is 6.10 Å². The van der Waals surface area contributed by atoms with Crippen LogP contribution in [0, 0.1) is 5.92 Å². The summed E-state index contributed by atoms with van der Waals surface area (Å²) in [5.41, 5.74) is 0.879. The van der Waals surface area contributed by atoms with E-state index in [1.54, 1.807) is 7.11 Å². The van der Waals surface area contributed by atoms with Crippen LogP contribution in [-0.4, -0.2) is 50.0 Å². The number of nitrogens with zero attached hydrogens (tertiary/aromatic N) is 1. The maximum Gasteiger partial charge on any atom is 0.125 e. The first-order valence-corrected chi connectivity index (χ1v) is 7.35. The molecular weight excluding hydrogens is 254 g/mol. The Balaban J connectivity index is 1.93. The molecule has 20 heavy (non-hydrogen) atoms. The largest absolute Gasteiger partial charge is 0.493 e. The van der Waals surface area contributed by atoms with Gasteiger partial charge in [0, 0.05) is 25.8 Å². The molecule has 0 saturated carbocycles. The zero-order valence-corrected chi connectivity index (χ0v) is 12.4. The summed E-state index contributed by atoms with van der Waals surface area (Å²) in [6.45, 7) is 6.07. The van der Waals surface area contributed by atoms with Gasteiger partial charge in [0.05, 0.1) is 19.3 Å². The van der Waals surface area contributed by atoms with Crippen LogP contribution in [0.15, 0.2) is 24.3 Å². The second-order valence-corrected chi connectivity index (χ2v) is 5.36. The van der Waals surface area contributed by atoms with E-state index in [4.69, 9.17) is 9.47 Å². The van der Waals surface area contributed by atoms with Gasteiger partial charge in [-0.25, -0.2) is 0 Å². The molecule has 2 rings (SSSR count). The lowest BCUT2D eigenvalue weighted by Gasteiger charge is -2.22. The van der Waals surface area contributed by atoms with E-state index in [9.17, 15) is 5.11 Å². The molecule has 0 spiro atoms.